The first-order chi connectivity index (χ1) is 19.5. The maximum atomic E-state index is 13.4. The van der Waals surface area contributed by atoms with Crippen LogP contribution in [0.2, 0.25) is 0 Å². The summed E-state index contributed by atoms with van der Waals surface area (Å²) < 4.78 is 29.2. The van der Waals surface area contributed by atoms with Crippen molar-refractivity contribution in [1.82, 2.24) is 4.90 Å². The van der Waals surface area contributed by atoms with E-state index in [2.05, 4.69) is 6.58 Å². The van der Waals surface area contributed by atoms with Crippen LogP contribution in [0.25, 0.3) is 38.6 Å². The molecular formula is C31H33NO9. The van der Waals surface area contributed by atoms with Crippen molar-refractivity contribution in [2.24, 2.45) is 0 Å². The van der Waals surface area contributed by atoms with Crippen LogP contribution in [-0.2, 0) is 14.3 Å². The Labute approximate surface area is 236 Å². The molecule has 0 unspecified atom stereocenters. The molecule has 216 valence electrons. The third kappa shape index (κ3) is 4.57. The van der Waals surface area contributed by atoms with Crippen LogP contribution >= 0.6 is 0 Å². The van der Waals surface area contributed by atoms with Gasteiger partial charge in [-0.05, 0) is 56.4 Å². The Morgan fingerprint density at radius 3 is 2.34 bits per heavy atom. The number of benzene rings is 3. The number of nitrogens with zero attached hydrogens (tertiary/aromatic N) is 1. The summed E-state index contributed by atoms with van der Waals surface area (Å²) in [5.74, 6) is 0.144. The molecule has 4 aromatic rings. The molecule has 0 saturated carbocycles. The summed E-state index contributed by atoms with van der Waals surface area (Å²) >= 11 is 0. The molecule has 2 heterocycles. The maximum absolute atomic E-state index is 13.4. The lowest BCUT2D eigenvalue weighted by atomic mass is 9.86. The number of ether oxygens (including phenoxy) is 4. The molecule has 0 radical (unpaired) electrons. The predicted molar refractivity (Wildman–Crippen MR) is 155 cm³/mol. The van der Waals surface area contributed by atoms with Crippen LogP contribution in [0.3, 0.4) is 0 Å². The molecule has 0 spiro atoms. The zero-order chi connectivity index (χ0) is 29.7. The Morgan fingerprint density at radius 2 is 1.73 bits per heavy atom. The van der Waals surface area contributed by atoms with Crippen molar-refractivity contribution in [3.05, 3.63) is 58.5 Å². The van der Waals surface area contributed by atoms with Crippen molar-refractivity contribution in [2.45, 2.75) is 44.3 Å². The summed E-state index contributed by atoms with van der Waals surface area (Å²) in [5.41, 5.74) is 0.686. The van der Waals surface area contributed by atoms with Gasteiger partial charge in [-0.1, -0.05) is 18.7 Å². The third-order valence-electron chi connectivity index (χ3n) is 7.72. The van der Waals surface area contributed by atoms with E-state index in [1.807, 2.05) is 0 Å². The molecule has 10 heteroatoms. The number of aromatic hydroxyl groups is 1. The highest BCUT2D eigenvalue weighted by atomic mass is 16.6. The molecule has 1 aromatic heterocycles. The molecule has 0 aliphatic carbocycles. The van der Waals surface area contributed by atoms with Gasteiger partial charge >= 0.3 is 11.6 Å². The fourth-order valence-corrected chi connectivity index (χ4v) is 5.95. The molecule has 0 amide bonds. The average molecular weight is 564 g/mol. The summed E-state index contributed by atoms with van der Waals surface area (Å²) in [6.45, 7) is 6.87. The van der Waals surface area contributed by atoms with E-state index < -0.39 is 42.1 Å². The molecule has 1 aliphatic rings. The molecule has 5 atom stereocenters. The van der Waals surface area contributed by atoms with E-state index in [9.17, 15) is 19.8 Å². The van der Waals surface area contributed by atoms with Crippen molar-refractivity contribution in [3.63, 3.8) is 0 Å². The maximum Gasteiger partial charge on any atom is 0.344 e. The number of hydrogen-bond acceptors (Lipinski definition) is 10. The van der Waals surface area contributed by atoms with Crippen molar-refractivity contribution < 1.29 is 38.4 Å². The van der Waals surface area contributed by atoms with Crippen LogP contribution in [0.5, 0.6) is 17.2 Å². The van der Waals surface area contributed by atoms with Gasteiger partial charge in [0.25, 0.3) is 0 Å². The summed E-state index contributed by atoms with van der Waals surface area (Å²) in [5, 5.41) is 24.6. The first kappa shape index (κ1) is 28.4. The Kier molecular flexibility index (Phi) is 7.41. The molecule has 2 N–H and O–H groups in total. The highest BCUT2D eigenvalue weighted by Crippen LogP contribution is 2.47. The molecule has 1 fully saturated rings. The Hall–Kier alpha value is -4.12. The van der Waals surface area contributed by atoms with E-state index in [0.29, 0.717) is 38.8 Å². The SMILES string of the molecule is C=Cc1cc(OC)c2c(c1)c(=O)oc1c2cc(OC)c2c(O)ccc([C@H]3O[C@H](C)[C@@H](OC(C)=O)[C@H](N(C)C)[C@@H]3O)c21. The molecule has 1 aliphatic heterocycles. The number of carbonyl (C=O) groups is 1. The number of phenolic OH excluding ortho intramolecular Hbond substituents is 1. The minimum atomic E-state index is -1.17. The first-order valence-corrected chi connectivity index (χ1v) is 13.1. The van der Waals surface area contributed by atoms with Crippen LogP contribution < -0.4 is 15.1 Å². The number of methoxy groups -OCH3 is 2. The van der Waals surface area contributed by atoms with Gasteiger partial charge in [-0.2, -0.15) is 0 Å². The van der Waals surface area contributed by atoms with E-state index in [0.717, 1.165) is 0 Å². The van der Waals surface area contributed by atoms with E-state index in [1.54, 1.807) is 56.3 Å². The summed E-state index contributed by atoms with van der Waals surface area (Å²) in [6, 6.07) is 7.59. The van der Waals surface area contributed by atoms with Crippen LogP contribution in [0, 0.1) is 0 Å². The van der Waals surface area contributed by atoms with Gasteiger partial charge in [0.2, 0.25) is 0 Å². The number of fused-ring (bicyclic) bond motifs is 5. The van der Waals surface area contributed by atoms with Gasteiger partial charge in [0, 0.05) is 23.1 Å². The third-order valence-corrected chi connectivity index (χ3v) is 7.72. The predicted octanol–water partition coefficient (Wildman–Crippen LogP) is 4.15. The minimum absolute atomic E-state index is 0.112. The van der Waals surface area contributed by atoms with Crippen molar-refractivity contribution >= 4 is 44.6 Å². The lowest BCUT2D eigenvalue weighted by Gasteiger charge is -2.46. The number of rotatable bonds is 6. The van der Waals surface area contributed by atoms with Crippen molar-refractivity contribution in [3.8, 4) is 17.2 Å². The molecule has 5 rings (SSSR count). The highest BCUT2D eigenvalue weighted by molar-refractivity contribution is 6.19. The molecule has 1 saturated heterocycles. The standard InChI is InChI=1S/C31H33NO9/c1-8-16-11-19-23(21(12-16)37-6)18-13-22(38-7)25-20(34)10-9-17(24(25)29(18)41-31(19)36)30-27(35)26(32(4)5)28(14(2)39-30)40-15(3)33/h8-14,26-28,30,34-35H,1H2,2-7H3/t14-,26-,27+,28-,30-/m1/s1. The Bertz CT molecular complexity index is 1740. The number of aliphatic hydroxyl groups is 1. The Morgan fingerprint density at radius 1 is 1.05 bits per heavy atom. The monoisotopic (exact) mass is 563 g/mol. The number of aliphatic hydroxyl groups excluding tert-OH is 1. The first-order valence-electron chi connectivity index (χ1n) is 13.1. The van der Waals surface area contributed by atoms with Gasteiger partial charge in [0.05, 0.1) is 37.1 Å². The number of carbonyl (C=O) groups excluding carboxylic acids is 1. The zero-order valence-electron chi connectivity index (χ0n) is 23.8. The number of hydrogen-bond donors (Lipinski definition) is 2. The van der Waals surface area contributed by atoms with Crippen LogP contribution in [0.4, 0.5) is 0 Å². The minimum Gasteiger partial charge on any atom is -0.507 e. The number of esters is 1. The van der Waals surface area contributed by atoms with Gasteiger partial charge in [-0.15, -0.1) is 0 Å². The molecule has 3 aromatic carbocycles. The normalized spacial score (nSPS) is 22.8. The van der Waals surface area contributed by atoms with E-state index in [1.165, 1.54) is 27.2 Å². The number of phenols is 1. The summed E-state index contributed by atoms with van der Waals surface area (Å²) in [7, 11) is 6.54. The topological polar surface area (TPSA) is 128 Å². The van der Waals surface area contributed by atoms with Crippen LogP contribution in [-0.4, -0.2) is 73.8 Å². The lowest BCUT2D eigenvalue weighted by Crippen LogP contribution is -2.60. The van der Waals surface area contributed by atoms with E-state index in [-0.39, 0.29) is 22.1 Å². The van der Waals surface area contributed by atoms with Gasteiger partial charge in [0.15, 0.2) is 0 Å². The smallest absolute Gasteiger partial charge is 0.344 e. The van der Waals surface area contributed by atoms with Crippen molar-refractivity contribution in [1.29, 1.82) is 0 Å². The molecule has 0 bridgehead atoms. The fourth-order valence-electron chi connectivity index (χ4n) is 5.95. The summed E-state index contributed by atoms with van der Waals surface area (Å²) in [4.78, 5) is 27.1. The largest absolute Gasteiger partial charge is 0.507 e. The van der Waals surface area contributed by atoms with Crippen LogP contribution in [0.15, 0.2) is 46.1 Å². The molecule has 41 heavy (non-hydrogen) atoms. The van der Waals surface area contributed by atoms with E-state index in [4.69, 9.17) is 23.4 Å². The van der Waals surface area contributed by atoms with Gasteiger partial charge < -0.3 is 38.5 Å². The van der Waals surface area contributed by atoms with Gasteiger partial charge in [0.1, 0.15) is 41.1 Å². The highest BCUT2D eigenvalue weighted by Gasteiger charge is 2.47. The zero-order valence-corrected chi connectivity index (χ0v) is 23.8. The van der Waals surface area contributed by atoms with Crippen molar-refractivity contribution in [2.75, 3.05) is 28.3 Å². The van der Waals surface area contributed by atoms with Crippen LogP contribution in [0.1, 0.15) is 31.1 Å². The fraction of sp³-hybridized carbons (Fsp3) is 0.355. The summed E-state index contributed by atoms with van der Waals surface area (Å²) in [6.07, 6.45) is -1.86. The second-order valence-electron chi connectivity index (χ2n) is 10.4. The second kappa shape index (κ2) is 10.7. The quantitative estimate of drug-likeness (QED) is 0.201. The molecular weight excluding hydrogens is 530 g/mol. The Balaban J connectivity index is 1.88. The van der Waals surface area contributed by atoms with Gasteiger partial charge in [-0.3, -0.25) is 4.79 Å². The average Bonchev–Trinajstić information content (AvgIpc) is 2.94. The van der Waals surface area contributed by atoms with Gasteiger partial charge in [-0.25, -0.2) is 4.79 Å². The second-order valence-corrected chi connectivity index (χ2v) is 10.4. The van der Waals surface area contributed by atoms with E-state index >= 15 is 0 Å². The molecule has 10 nitrogen and oxygen atoms in total. The lowest BCUT2D eigenvalue weighted by molar-refractivity contribution is -0.212. The number of likely N-dealkylation sites (N-methyl/N-ethyl adjacent to an activating group) is 1.